The molecule has 0 saturated heterocycles. The zero-order valence-corrected chi connectivity index (χ0v) is 16.2. The van der Waals surface area contributed by atoms with E-state index in [1.807, 2.05) is 60.4 Å². The first-order valence-corrected chi connectivity index (χ1v) is 9.70. The number of carbonyl (C=O) groups excluding carboxylic acids is 2. The second-order valence-corrected chi connectivity index (χ2v) is 6.91. The highest BCUT2D eigenvalue weighted by atomic mass is 16.5. The summed E-state index contributed by atoms with van der Waals surface area (Å²) in [5.41, 5.74) is 8.35. The van der Waals surface area contributed by atoms with Gasteiger partial charge in [-0.25, -0.2) is 0 Å². The Labute approximate surface area is 165 Å². The van der Waals surface area contributed by atoms with E-state index in [1.165, 1.54) is 0 Å². The van der Waals surface area contributed by atoms with Crippen molar-refractivity contribution in [1.82, 2.24) is 10.2 Å². The summed E-state index contributed by atoms with van der Waals surface area (Å²) in [5.74, 6) is 0.462. The first-order chi connectivity index (χ1) is 13.6. The van der Waals surface area contributed by atoms with E-state index < -0.39 is 0 Å². The molecule has 1 heterocycles. The molecule has 2 amide bonds. The van der Waals surface area contributed by atoms with Crippen LogP contribution in [0.1, 0.15) is 28.4 Å². The highest BCUT2D eigenvalue weighted by molar-refractivity contribution is 5.96. The molecule has 2 aromatic carbocycles. The van der Waals surface area contributed by atoms with Crippen molar-refractivity contribution in [3.63, 3.8) is 0 Å². The summed E-state index contributed by atoms with van der Waals surface area (Å²) in [4.78, 5) is 25.8. The van der Waals surface area contributed by atoms with Crippen molar-refractivity contribution in [2.24, 2.45) is 5.73 Å². The number of rotatable bonds is 9. The second-order valence-electron chi connectivity index (χ2n) is 6.91. The molecule has 1 aliphatic rings. The number of primary amides is 1. The van der Waals surface area contributed by atoms with E-state index in [0.717, 1.165) is 35.4 Å². The lowest BCUT2D eigenvalue weighted by Gasteiger charge is -2.28. The average molecular weight is 381 g/mol. The molecular formula is C22H27N3O3. The number of fused-ring (bicyclic) bond motifs is 1. The quantitative estimate of drug-likeness (QED) is 0.693. The van der Waals surface area contributed by atoms with E-state index >= 15 is 0 Å². The number of nitrogens with one attached hydrogen (secondary N) is 1. The Morgan fingerprint density at radius 3 is 2.68 bits per heavy atom. The molecule has 1 atom stereocenters. The predicted molar refractivity (Wildman–Crippen MR) is 108 cm³/mol. The highest BCUT2D eigenvalue weighted by Crippen LogP contribution is 2.19. The number of benzene rings is 2. The van der Waals surface area contributed by atoms with E-state index in [1.54, 1.807) is 0 Å². The summed E-state index contributed by atoms with van der Waals surface area (Å²) < 4.78 is 5.80. The van der Waals surface area contributed by atoms with Gasteiger partial charge in [0.05, 0.1) is 12.6 Å². The van der Waals surface area contributed by atoms with Crippen molar-refractivity contribution in [1.29, 1.82) is 0 Å². The van der Waals surface area contributed by atoms with Gasteiger partial charge in [-0.1, -0.05) is 37.3 Å². The van der Waals surface area contributed by atoms with Crippen LogP contribution in [-0.4, -0.2) is 49.0 Å². The lowest BCUT2D eigenvalue weighted by atomic mass is 9.99. The number of amides is 2. The van der Waals surface area contributed by atoms with Gasteiger partial charge in [0.1, 0.15) is 12.4 Å². The molecule has 0 saturated carbocycles. The molecule has 1 unspecified atom stereocenters. The summed E-state index contributed by atoms with van der Waals surface area (Å²) in [6.45, 7) is 4.35. The third-order valence-electron chi connectivity index (χ3n) is 4.97. The van der Waals surface area contributed by atoms with Crippen LogP contribution in [0.3, 0.4) is 0 Å². The summed E-state index contributed by atoms with van der Waals surface area (Å²) in [6.07, 6.45) is 1.43. The van der Waals surface area contributed by atoms with Gasteiger partial charge in [0, 0.05) is 12.1 Å². The maximum absolute atomic E-state index is 12.5. The van der Waals surface area contributed by atoms with Gasteiger partial charge in [0.25, 0.3) is 5.91 Å². The van der Waals surface area contributed by atoms with Gasteiger partial charge in [-0.2, -0.15) is 0 Å². The number of nitrogens with zero attached hydrogens (tertiary/aromatic N) is 1. The Hall–Kier alpha value is -2.86. The molecule has 6 nitrogen and oxygen atoms in total. The smallest absolute Gasteiger partial charge is 0.254 e. The van der Waals surface area contributed by atoms with Crippen LogP contribution in [0.2, 0.25) is 0 Å². The fraction of sp³-hybridized carbons (Fsp3) is 0.364. The van der Waals surface area contributed by atoms with Crippen molar-refractivity contribution in [3.05, 3.63) is 65.2 Å². The average Bonchev–Trinajstić information content (AvgIpc) is 2.70. The Bertz CT molecular complexity index is 820. The Balaban J connectivity index is 1.49. The maximum Gasteiger partial charge on any atom is 0.254 e. The predicted octanol–water partition coefficient (Wildman–Crippen LogP) is 1.77. The standard InChI is InChI=1S/C22H27N3O3/c1-2-24-20(21(23)26)15-16-7-9-18(10-8-16)28-14-13-25-12-11-17-5-3-4-6-19(17)22(25)27/h3-10,20,24H,2,11-15H2,1H3,(H2,23,26). The number of hydrogen-bond acceptors (Lipinski definition) is 4. The molecule has 2 aromatic rings. The van der Waals surface area contributed by atoms with E-state index in [-0.39, 0.29) is 17.9 Å². The highest BCUT2D eigenvalue weighted by Gasteiger charge is 2.23. The summed E-state index contributed by atoms with van der Waals surface area (Å²) in [5, 5.41) is 3.08. The molecule has 3 N–H and O–H groups in total. The van der Waals surface area contributed by atoms with Gasteiger partial charge < -0.3 is 20.7 Å². The summed E-state index contributed by atoms with van der Waals surface area (Å²) in [6, 6.07) is 15.0. The van der Waals surface area contributed by atoms with Crippen LogP contribution in [0.5, 0.6) is 5.75 Å². The Kier molecular flexibility index (Phi) is 6.66. The fourth-order valence-electron chi connectivity index (χ4n) is 3.44. The zero-order valence-electron chi connectivity index (χ0n) is 16.2. The van der Waals surface area contributed by atoms with Crippen LogP contribution < -0.4 is 15.8 Å². The third kappa shape index (κ3) is 4.89. The minimum atomic E-state index is -0.371. The molecule has 0 fully saturated rings. The monoisotopic (exact) mass is 381 g/mol. The van der Waals surface area contributed by atoms with Crippen LogP contribution in [-0.2, 0) is 17.6 Å². The molecule has 0 spiro atoms. The molecule has 148 valence electrons. The molecule has 0 radical (unpaired) electrons. The molecule has 6 heteroatoms. The van der Waals surface area contributed by atoms with Gasteiger partial charge in [-0.15, -0.1) is 0 Å². The molecule has 3 rings (SSSR count). The number of carbonyl (C=O) groups is 2. The minimum Gasteiger partial charge on any atom is -0.492 e. The van der Waals surface area contributed by atoms with E-state index in [2.05, 4.69) is 5.32 Å². The van der Waals surface area contributed by atoms with Gasteiger partial charge in [-0.05, 0) is 48.7 Å². The molecular weight excluding hydrogens is 354 g/mol. The fourth-order valence-corrected chi connectivity index (χ4v) is 3.44. The van der Waals surface area contributed by atoms with Crippen LogP contribution >= 0.6 is 0 Å². The second kappa shape index (κ2) is 9.37. The number of likely N-dealkylation sites (N-methyl/N-ethyl adjacent to an activating group) is 1. The zero-order chi connectivity index (χ0) is 19.9. The van der Waals surface area contributed by atoms with Gasteiger partial charge >= 0.3 is 0 Å². The minimum absolute atomic E-state index is 0.0710. The molecule has 28 heavy (non-hydrogen) atoms. The number of hydrogen-bond donors (Lipinski definition) is 2. The summed E-state index contributed by atoms with van der Waals surface area (Å²) in [7, 11) is 0. The SMILES string of the molecule is CCNC(Cc1ccc(OCCN2CCc3ccccc3C2=O)cc1)C(N)=O. The van der Waals surface area contributed by atoms with E-state index in [0.29, 0.717) is 26.1 Å². The molecule has 0 aromatic heterocycles. The topological polar surface area (TPSA) is 84.7 Å². The lowest BCUT2D eigenvalue weighted by Crippen LogP contribution is -2.42. The van der Waals surface area contributed by atoms with Crippen molar-refractivity contribution in [2.75, 3.05) is 26.2 Å². The number of nitrogens with two attached hydrogens (primary N) is 1. The first-order valence-electron chi connectivity index (χ1n) is 9.70. The van der Waals surface area contributed by atoms with Crippen LogP contribution in [0.25, 0.3) is 0 Å². The van der Waals surface area contributed by atoms with Gasteiger partial charge in [0.2, 0.25) is 5.91 Å². The van der Waals surface area contributed by atoms with Crippen molar-refractivity contribution < 1.29 is 14.3 Å². The lowest BCUT2D eigenvalue weighted by molar-refractivity contribution is -0.120. The van der Waals surface area contributed by atoms with Crippen LogP contribution in [0.4, 0.5) is 0 Å². The third-order valence-corrected chi connectivity index (χ3v) is 4.97. The largest absolute Gasteiger partial charge is 0.492 e. The van der Waals surface area contributed by atoms with Gasteiger partial charge in [-0.3, -0.25) is 9.59 Å². The number of ether oxygens (including phenoxy) is 1. The first kappa shape index (κ1) is 19.9. The van der Waals surface area contributed by atoms with Crippen LogP contribution in [0.15, 0.2) is 48.5 Å². The van der Waals surface area contributed by atoms with Crippen molar-refractivity contribution in [2.45, 2.75) is 25.8 Å². The van der Waals surface area contributed by atoms with E-state index in [4.69, 9.17) is 10.5 Å². The van der Waals surface area contributed by atoms with E-state index in [9.17, 15) is 9.59 Å². The summed E-state index contributed by atoms with van der Waals surface area (Å²) >= 11 is 0. The normalized spacial score (nSPS) is 14.5. The Morgan fingerprint density at radius 1 is 1.21 bits per heavy atom. The van der Waals surface area contributed by atoms with Crippen LogP contribution in [0, 0.1) is 0 Å². The molecule has 0 bridgehead atoms. The van der Waals surface area contributed by atoms with Crippen molar-refractivity contribution >= 4 is 11.8 Å². The van der Waals surface area contributed by atoms with Crippen molar-refractivity contribution in [3.8, 4) is 5.75 Å². The van der Waals surface area contributed by atoms with Gasteiger partial charge in [0.15, 0.2) is 0 Å². The molecule has 0 aliphatic carbocycles. The molecule has 1 aliphatic heterocycles. The maximum atomic E-state index is 12.5. The Morgan fingerprint density at radius 2 is 1.96 bits per heavy atom.